The lowest BCUT2D eigenvalue weighted by molar-refractivity contribution is 0.0600. The van der Waals surface area contributed by atoms with E-state index in [4.69, 9.17) is 14.6 Å². The van der Waals surface area contributed by atoms with Gasteiger partial charge in [-0.05, 0) is 29.8 Å². The fourth-order valence-electron chi connectivity index (χ4n) is 4.16. The molecular weight excluding hydrogens is 432 g/mol. The van der Waals surface area contributed by atoms with Crippen LogP contribution in [0.15, 0.2) is 66.7 Å². The molecule has 0 radical (unpaired) electrons. The number of esters is 1. The number of carbonyl (C=O) groups is 1. The predicted molar refractivity (Wildman–Crippen MR) is 132 cm³/mol. The van der Waals surface area contributed by atoms with E-state index in [0.29, 0.717) is 22.4 Å². The van der Waals surface area contributed by atoms with Crippen molar-refractivity contribution in [3.05, 3.63) is 83.4 Å². The van der Waals surface area contributed by atoms with Gasteiger partial charge >= 0.3 is 5.97 Å². The number of ether oxygens (including phenoxy) is 2. The Morgan fingerprint density at radius 2 is 1.73 bits per heavy atom. The number of aliphatic hydroxyl groups excluding tert-OH is 1. The van der Waals surface area contributed by atoms with E-state index in [0.717, 1.165) is 22.1 Å². The summed E-state index contributed by atoms with van der Waals surface area (Å²) in [5.41, 5.74) is 4.07. The first-order chi connectivity index (χ1) is 15.8. The molecule has 0 saturated carbocycles. The van der Waals surface area contributed by atoms with Gasteiger partial charge in [0, 0.05) is 11.1 Å². The van der Waals surface area contributed by atoms with Crippen LogP contribution in [0.1, 0.15) is 27.6 Å². The SMILES string of the molecule is COC(=O)c1cccc(C(O)c2c(-c3ccccc3)nn3c([Si](C)(C)C)c(OC)ccc23)c1. The van der Waals surface area contributed by atoms with Gasteiger partial charge in [0.1, 0.15) is 19.9 Å². The second-order valence-electron chi connectivity index (χ2n) is 8.95. The minimum atomic E-state index is -1.88. The molecule has 1 atom stereocenters. The van der Waals surface area contributed by atoms with Gasteiger partial charge < -0.3 is 14.6 Å². The molecule has 0 fully saturated rings. The maximum Gasteiger partial charge on any atom is 0.337 e. The van der Waals surface area contributed by atoms with Crippen LogP contribution in [-0.4, -0.2) is 43.0 Å². The summed E-state index contributed by atoms with van der Waals surface area (Å²) in [5.74, 6) is 0.343. The smallest absolute Gasteiger partial charge is 0.337 e. The minimum Gasteiger partial charge on any atom is -0.495 e. The average Bonchev–Trinajstić information content (AvgIpc) is 3.21. The van der Waals surface area contributed by atoms with Crippen LogP contribution in [0.2, 0.25) is 19.6 Å². The number of hydrogen-bond acceptors (Lipinski definition) is 5. The van der Waals surface area contributed by atoms with Gasteiger partial charge in [0.2, 0.25) is 0 Å². The van der Waals surface area contributed by atoms with Crippen molar-refractivity contribution in [3.8, 4) is 17.0 Å². The molecule has 7 heteroatoms. The number of benzene rings is 2. The highest BCUT2D eigenvalue weighted by Crippen LogP contribution is 2.35. The van der Waals surface area contributed by atoms with E-state index < -0.39 is 20.1 Å². The predicted octanol–water partition coefficient (Wildman–Crippen LogP) is 4.42. The average molecular weight is 461 g/mol. The van der Waals surface area contributed by atoms with Crippen molar-refractivity contribution in [1.82, 2.24) is 9.61 Å². The van der Waals surface area contributed by atoms with Crippen molar-refractivity contribution in [3.63, 3.8) is 0 Å². The molecule has 0 aliphatic heterocycles. The Kier molecular flexibility index (Phi) is 6.10. The molecule has 2 aromatic heterocycles. The Labute approximate surface area is 194 Å². The molecule has 170 valence electrons. The van der Waals surface area contributed by atoms with Gasteiger partial charge in [-0.3, -0.25) is 0 Å². The van der Waals surface area contributed by atoms with E-state index in [1.165, 1.54) is 7.11 Å². The van der Waals surface area contributed by atoms with Crippen LogP contribution in [0.3, 0.4) is 0 Å². The Balaban J connectivity index is 2.02. The Morgan fingerprint density at radius 1 is 1.00 bits per heavy atom. The number of pyridine rings is 1. The van der Waals surface area contributed by atoms with Gasteiger partial charge in [0.15, 0.2) is 0 Å². The number of fused-ring (bicyclic) bond motifs is 1. The van der Waals surface area contributed by atoms with Crippen molar-refractivity contribution in [2.75, 3.05) is 14.2 Å². The van der Waals surface area contributed by atoms with Crippen LogP contribution in [0.25, 0.3) is 16.8 Å². The summed E-state index contributed by atoms with van der Waals surface area (Å²) in [7, 11) is 1.13. The van der Waals surface area contributed by atoms with Gasteiger partial charge in [0.25, 0.3) is 0 Å². The first-order valence-electron chi connectivity index (χ1n) is 10.8. The van der Waals surface area contributed by atoms with Gasteiger partial charge in [-0.25, -0.2) is 9.31 Å². The number of rotatable bonds is 6. The monoisotopic (exact) mass is 460 g/mol. The zero-order chi connectivity index (χ0) is 23.8. The third-order valence-corrected chi connectivity index (χ3v) is 7.55. The zero-order valence-electron chi connectivity index (χ0n) is 19.5. The van der Waals surface area contributed by atoms with Crippen LogP contribution >= 0.6 is 0 Å². The molecular formula is C26H28N2O4Si. The van der Waals surface area contributed by atoms with Crippen LogP contribution in [0, 0.1) is 0 Å². The minimum absolute atomic E-state index is 0.385. The maximum atomic E-state index is 12.1. The zero-order valence-corrected chi connectivity index (χ0v) is 20.5. The second-order valence-corrected chi connectivity index (χ2v) is 13.9. The van der Waals surface area contributed by atoms with Gasteiger partial charge in [-0.1, -0.05) is 62.1 Å². The fourth-order valence-corrected chi connectivity index (χ4v) is 5.89. The molecule has 0 bridgehead atoms. The van der Waals surface area contributed by atoms with Crippen molar-refractivity contribution in [2.24, 2.45) is 0 Å². The Hall–Kier alpha value is -3.42. The van der Waals surface area contributed by atoms with Gasteiger partial charge in [-0.15, -0.1) is 0 Å². The summed E-state index contributed by atoms with van der Waals surface area (Å²) < 4.78 is 12.5. The topological polar surface area (TPSA) is 73.1 Å². The summed E-state index contributed by atoms with van der Waals surface area (Å²) in [4.78, 5) is 12.1. The van der Waals surface area contributed by atoms with E-state index in [1.54, 1.807) is 31.4 Å². The molecule has 1 unspecified atom stereocenters. The molecule has 33 heavy (non-hydrogen) atoms. The number of aliphatic hydroxyl groups is 1. The lowest BCUT2D eigenvalue weighted by atomic mass is 9.96. The number of aromatic nitrogens is 2. The van der Waals surface area contributed by atoms with Crippen LogP contribution in [0.5, 0.6) is 5.75 Å². The van der Waals surface area contributed by atoms with Crippen LogP contribution in [-0.2, 0) is 4.74 Å². The Morgan fingerprint density at radius 3 is 2.36 bits per heavy atom. The van der Waals surface area contributed by atoms with Crippen molar-refractivity contribution in [2.45, 2.75) is 25.7 Å². The van der Waals surface area contributed by atoms with Crippen molar-refractivity contribution >= 4 is 24.9 Å². The molecule has 1 N–H and O–H groups in total. The van der Waals surface area contributed by atoms with Gasteiger partial charge in [0.05, 0.1) is 36.3 Å². The van der Waals surface area contributed by atoms with E-state index in [-0.39, 0.29) is 0 Å². The first kappa shape index (κ1) is 22.8. The molecule has 6 nitrogen and oxygen atoms in total. The molecule has 0 aliphatic rings. The molecule has 2 aromatic carbocycles. The molecule has 0 aliphatic carbocycles. The highest BCUT2D eigenvalue weighted by Gasteiger charge is 2.30. The molecule has 4 rings (SSSR count). The lowest BCUT2D eigenvalue weighted by Crippen LogP contribution is -2.43. The summed E-state index contributed by atoms with van der Waals surface area (Å²) in [6, 6.07) is 20.6. The van der Waals surface area contributed by atoms with Crippen molar-refractivity contribution < 1.29 is 19.4 Å². The molecule has 4 aromatic rings. The number of methoxy groups -OCH3 is 2. The summed E-state index contributed by atoms with van der Waals surface area (Å²) in [6.07, 6.45) is -0.995. The largest absolute Gasteiger partial charge is 0.495 e. The number of nitrogens with zero attached hydrogens (tertiary/aromatic N) is 2. The lowest BCUT2D eigenvalue weighted by Gasteiger charge is -2.21. The van der Waals surface area contributed by atoms with Crippen molar-refractivity contribution in [1.29, 1.82) is 0 Å². The van der Waals surface area contributed by atoms with Crippen LogP contribution < -0.4 is 10.1 Å². The summed E-state index contributed by atoms with van der Waals surface area (Å²) in [5, 5.41) is 17.6. The fraction of sp³-hybridized carbons (Fsp3) is 0.231. The molecule has 0 spiro atoms. The maximum absolute atomic E-state index is 12.1. The van der Waals surface area contributed by atoms with Crippen LogP contribution in [0.4, 0.5) is 0 Å². The van der Waals surface area contributed by atoms with E-state index in [9.17, 15) is 9.90 Å². The normalized spacial score (nSPS) is 12.5. The highest BCUT2D eigenvalue weighted by molar-refractivity contribution is 6.88. The molecule has 0 saturated heterocycles. The second kappa shape index (κ2) is 8.84. The third-order valence-electron chi connectivity index (χ3n) is 5.67. The quantitative estimate of drug-likeness (QED) is 0.341. The standard InChI is InChI=1S/C26H28N2O4Si/c1-31-21-15-14-20-22(24(29)18-12-9-13-19(16-18)26(30)32-2)23(17-10-7-6-8-11-17)27-28(20)25(21)33(3,4)5/h6-16,24,29H,1-5H3. The summed E-state index contributed by atoms with van der Waals surface area (Å²) in [6.45, 7) is 6.72. The van der Waals surface area contributed by atoms with E-state index in [2.05, 4.69) is 19.6 Å². The first-order valence-corrected chi connectivity index (χ1v) is 14.3. The summed E-state index contributed by atoms with van der Waals surface area (Å²) >= 11 is 0. The van der Waals surface area contributed by atoms with Gasteiger partial charge in [-0.2, -0.15) is 5.10 Å². The molecule has 0 amide bonds. The third kappa shape index (κ3) is 4.17. The number of hydrogen-bond donors (Lipinski definition) is 1. The Bertz CT molecular complexity index is 1310. The highest BCUT2D eigenvalue weighted by atomic mass is 28.3. The molecule has 2 heterocycles. The van der Waals surface area contributed by atoms with E-state index in [1.807, 2.05) is 47.0 Å². The van der Waals surface area contributed by atoms with E-state index >= 15 is 0 Å². The number of carbonyl (C=O) groups excluding carboxylic acids is 1.